The number of rotatable bonds is 1. The van der Waals surface area contributed by atoms with Gasteiger partial charge in [0.25, 0.3) is 0 Å². The van der Waals surface area contributed by atoms with Crippen LogP contribution in [0.15, 0.2) is 24.3 Å². The van der Waals surface area contributed by atoms with Crippen molar-refractivity contribution in [1.29, 1.82) is 0 Å². The van der Waals surface area contributed by atoms with Crippen LogP contribution in [0.2, 0.25) is 0 Å². The van der Waals surface area contributed by atoms with Crippen LogP contribution in [0.3, 0.4) is 0 Å². The van der Waals surface area contributed by atoms with Gasteiger partial charge in [-0.15, -0.1) is 0 Å². The molecular formula is C13H19N. The van der Waals surface area contributed by atoms with E-state index in [1.807, 2.05) is 0 Å². The highest BCUT2D eigenvalue weighted by Crippen LogP contribution is 2.40. The lowest BCUT2D eigenvalue weighted by Gasteiger charge is -2.26. The number of para-hydroxylation sites is 1. The van der Waals surface area contributed by atoms with Crippen LogP contribution < -0.4 is 4.90 Å². The lowest BCUT2D eigenvalue weighted by atomic mass is 9.87. The number of benzene rings is 1. The second kappa shape index (κ2) is 3.01. The fourth-order valence-corrected chi connectivity index (χ4v) is 2.35. The maximum absolute atomic E-state index is 2.50. The van der Waals surface area contributed by atoms with E-state index in [9.17, 15) is 0 Å². The van der Waals surface area contributed by atoms with Crippen LogP contribution >= 0.6 is 0 Å². The third-order valence-electron chi connectivity index (χ3n) is 3.13. The Morgan fingerprint density at radius 2 is 1.86 bits per heavy atom. The van der Waals surface area contributed by atoms with Crippen molar-refractivity contribution in [3.8, 4) is 0 Å². The van der Waals surface area contributed by atoms with Gasteiger partial charge < -0.3 is 4.90 Å². The van der Waals surface area contributed by atoms with Crippen LogP contribution in [0, 0.1) is 0 Å². The molecule has 1 heterocycles. The molecule has 0 fully saturated rings. The molecule has 1 aromatic rings. The lowest BCUT2D eigenvalue weighted by molar-refractivity contribution is 0.532. The fraction of sp³-hybridized carbons (Fsp3) is 0.538. The van der Waals surface area contributed by atoms with Gasteiger partial charge in [-0.3, -0.25) is 0 Å². The van der Waals surface area contributed by atoms with Crippen LogP contribution in [0.5, 0.6) is 0 Å². The summed E-state index contributed by atoms with van der Waals surface area (Å²) >= 11 is 0. The van der Waals surface area contributed by atoms with Gasteiger partial charge >= 0.3 is 0 Å². The zero-order valence-corrected chi connectivity index (χ0v) is 9.54. The Bertz CT molecular complexity index is 339. The third kappa shape index (κ3) is 1.31. The second-order valence-electron chi connectivity index (χ2n) is 5.12. The highest BCUT2D eigenvalue weighted by molar-refractivity contribution is 5.62. The Balaban J connectivity index is 2.49. The molecule has 0 aromatic heterocycles. The maximum atomic E-state index is 2.50. The molecule has 0 unspecified atom stereocenters. The summed E-state index contributed by atoms with van der Waals surface area (Å²) in [6, 6.07) is 9.37. The highest BCUT2D eigenvalue weighted by Gasteiger charge is 2.35. The zero-order chi connectivity index (χ0) is 10.3. The van der Waals surface area contributed by atoms with Gasteiger partial charge in [-0.25, -0.2) is 0 Å². The first-order valence-electron chi connectivity index (χ1n) is 5.38. The number of hydrogen-bond acceptors (Lipinski definition) is 1. The van der Waals surface area contributed by atoms with Gasteiger partial charge in [0.1, 0.15) is 0 Å². The van der Waals surface area contributed by atoms with E-state index in [0.717, 1.165) is 6.54 Å². The number of nitrogens with zero attached hydrogens (tertiary/aromatic N) is 1. The first kappa shape index (κ1) is 9.57. The molecule has 0 radical (unpaired) electrons. The molecule has 14 heavy (non-hydrogen) atoms. The standard InChI is InChI=1S/C13H19N/c1-10(2)14-9-13(3,4)11-7-5-6-8-12(11)14/h5-8,10H,9H2,1-4H3. The first-order chi connectivity index (χ1) is 6.52. The Morgan fingerprint density at radius 1 is 1.21 bits per heavy atom. The predicted molar refractivity (Wildman–Crippen MR) is 62.0 cm³/mol. The Morgan fingerprint density at radius 3 is 2.50 bits per heavy atom. The molecule has 0 spiro atoms. The minimum absolute atomic E-state index is 0.306. The monoisotopic (exact) mass is 189 g/mol. The van der Waals surface area contributed by atoms with E-state index in [4.69, 9.17) is 0 Å². The maximum Gasteiger partial charge on any atom is 0.0407 e. The van der Waals surface area contributed by atoms with Crippen molar-refractivity contribution in [1.82, 2.24) is 0 Å². The van der Waals surface area contributed by atoms with Crippen molar-refractivity contribution in [2.75, 3.05) is 11.4 Å². The minimum Gasteiger partial charge on any atom is -0.368 e. The number of fused-ring (bicyclic) bond motifs is 1. The summed E-state index contributed by atoms with van der Waals surface area (Å²) in [6.07, 6.45) is 0. The average Bonchev–Trinajstić information content (AvgIpc) is 2.40. The summed E-state index contributed by atoms with van der Waals surface area (Å²) in [5.74, 6) is 0. The molecule has 0 amide bonds. The van der Waals surface area contributed by atoms with Crippen LogP contribution in [0.25, 0.3) is 0 Å². The SMILES string of the molecule is CC(C)N1CC(C)(C)c2ccccc21. The molecule has 76 valence electrons. The van der Waals surface area contributed by atoms with Gasteiger partial charge in [0, 0.05) is 23.7 Å². The summed E-state index contributed by atoms with van der Waals surface area (Å²) in [7, 11) is 0. The van der Waals surface area contributed by atoms with Gasteiger partial charge in [-0.2, -0.15) is 0 Å². The van der Waals surface area contributed by atoms with E-state index in [1.165, 1.54) is 11.3 Å². The van der Waals surface area contributed by atoms with Crippen molar-refractivity contribution < 1.29 is 0 Å². The van der Waals surface area contributed by atoms with Crippen LogP contribution in [0.4, 0.5) is 5.69 Å². The van der Waals surface area contributed by atoms with Crippen molar-refractivity contribution in [3.05, 3.63) is 29.8 Å². The summed E-state index contributed by atoms with van der Waals surface area (Å²) in [5.41, 5.74) is 3.22. The summed E-state index contributed by atoms with van der Waals surface area (Å²) < 4.78 is 0. The summed E-state index contributed by atoms with van der Waals surface area (Å²) in [4.78, 5) is 2.50. The predicted octanol–water partition coefficient (Wildman–Crippen LogP) is 3.19. The Labute approximate surface area is 86.7 Å². The largest absolute Gasteiger partial charge is 0.368 e. The van der Waals surface area contributed by atoms with Gasteiger partial charge in [0.05, 0.1) is 0 Å². The van der Waals surface area contributed by atoms with E-state index in [1.54, 1.807) is 0 Å². The average molecular weight is 189 g/mol. The molecule has 0 saturated heterocycles. The molecule has 1 aliphatic heterocycles. The van der Waals surface area contributed by atoms with Gasteiger partial charge in [0.15, 0.2) is 0 Å². The molecular weight excluding hydrogens is 170 g/mol. The zero-order valence-electron chi connectivity index (χ0n) is 9.54. The Kier molecular flexibility index (Phi) is 2.06. The molecule has 2 rings (SSSR count). The van der Waals surface area contributed by atoms with Crippen molar-refractivity contribution in [2.45, 2.75) is 39.2 Å². The lowest BCUT2D eigenvalue weighted by Crippen LogP contribution is -2.33. The quantitative estimate of drug-likeness (QED) is 0.655. The molecule has 0 N–H and O–H groups in total. The van der Waals surface area contributed by atoms with Crippen LogP contribution in [-0.2, 0) is 5.41 Å². The van der Waals surface area contributed by atoms with Gasteiger partial charge in [-0.1, -0.05) is 32.0 Å². The number of anilines is 1. The van der Waals surface area contributed by atoms with E-state index >= 15 is 0 Å². The van der Waals surface area contributed by atoms with E-state index < -0.39 is 0 Å². The minimum atomic E-state index is 0.306. The molecule has 0 aliphatic carbocycles. The van der Waals surface area contributed by atoms with Crippen molar-refractivity contribution in [3.63, 3.8) is 0 Å². The van der Waals surface area contributed by atoms with E-state index in [2.05, 4.69) is 56.9 Å². The highest BCUT2D eigenvalue weighted by atomic mass is 15.2. The molecule has 0 saturated carbocycles. The second-order valence-corrected chi connectivity index (χ2v) is 5.12. The number of hydrogen-bond donors (Lipinski definition) is 0. The summed E-state index contributed by atoms with van der Waals surface area (Å²) in [5, 5.41) is 0. The Hall–Kier alpha value is -0.980. The van der Waals surface area contributed by atoms with Crippen LogP contribution in [-0.4, -0.2) is 12.6 Å². The molecule has 0 bridgehead atoms. The summed E-state index contributed by atoms with van der Waals surface area (Å²) in [6.45, 7) is 10.3. The molecule has 0 atom stereocenters. The third-order valence-corrected chi connectivity index (χ3v) is 3.13. The van der Waals surface area contributed by atoms with Crippen molar-refractivity contribution in [2.24, 2.45) is 0 Å². The molecule has 1 aliphatic rings. The van der Waals surface area contributed by atoms with Crippen molar-refractivity contribution >= 4 is 5.69 Å². The first-order valence-corrected chi connectivity index (χ1v) is 5.38. The normalized spacial score (nSPS) is 18.8. The fourth-order valence-electron chi connectivity index (χ4n) is 2.35. The van der Waals surface area contributed by atoms with E-state index in [-0.39, 0.29) is 0 Å². The van der Waals surface area contributed by atoms with Crippen LogP contribution in [0.1, 0.15) is 33.3 Å². The topological polar surface area (TPSA) is 3.24 Å². The molecule has 1 nitrogen and oxygen atoms in total. The molecule has 1 heteroatoms. The van der Waals surface area contributed by atoms with Gasteiger partial charge in [-0.05, 0) is 25.5 Å². The smallest absolute Gasteiger partial charge is 0.0407 e. The van der Waals surface area contributed by atoms with E-state index in [0.29, 0.717) is 11.5 Å². The molecule has 1 aromatic carbocycles. The van der Waals surface area contributed by atoms with Gasteiger partial charge in [0.2, 0.25) is 0 Å².